The lowest BCUT2D eigenvalue weighted by Crippen LogP contribution is -1.95. The summed E-state index contributed by atoms with van der Waals surface area (Å²) in [6, 6.07) is 63.6. The number of benzene rings is 10. The zero-order valence-electron chi connectivity index (χ0n) is 40.1. The lowest BCUT2D eigenvalue weighted by molar-refractivity contribution is 0.360. The number of hydrogen-bond donors (Lipinski definition) is 4. The Labute approximate surface area is 409 Å². The van der Waals surface area contributed by atoms with Crippen LogP contribution in [0.4, 0.5) is 0 Å². The standard InChI is InChI=1S/C40H29NO4.C17H14.C8H12/c1-22-10-11-26-19-27(13-12-25(26)18-22)28-15-17-34-32(20-28)31-16-14-29(36-37(42)23(2)38(43)40(45)39(36)44)21-35(31)41(34)33-9-5-7-24-6-3-4-8-30(24)33;1-13-6-8-15(9-7-13)17-11-10-14-4-2-3-5-16(14)12-17;1-4-6-8(3)7-5-2/h3-21,42-45H,1-2H3;2-12H,1H3;4-7H,1H2,2-3H3/b;;7-5-,8-6-. The van der Waals surface area contributed by atoms with Crippen LogP contribution in [-0.4, -0.2) is 25.0 Å². The molecule has 11 rings (SSSR count). The van der Waals surface area contributed by atoms with E-state index in [0.29, 0.717) is 5.56 Å². The molecule has 11 aromatic rings. The third-order valence-electron chi connectivity index (χ3n) is 13.0. The number of aromatic hydroxyl groups is 4. The summed E-state index contributed by atoms with van der Waals surface area (Å²) in [4.78, 5) is 0. The molecule has 0 saturated heterocycles. The third-order valence-corrected chi connectivity index (χ3v) is 13.0. The van der Waals surface area contributed by atoms with Gasteiger partial charge in [-0.1, -0.05) is 193 Å². The lowest BCUT2D eigenvalue weighted by Gasteiger charge is -2.15. The summed E-state index contributed by atoms with van der Waals surface area (Å²) >= 11 is 0. The molecule has 0 aliphatic rings. The van der Waals surface area contributed by atoms with Gasteiger partial charge < -0.3 is 25.0 Å². The molecule has 4 N–H and O–H groups in total. The van der Waals surface area contributed by atoms with Gasteiger partial charge in [-0.25, -0.2) is 0 Å². The fourth-order valence-electron chi connectivity index (χ4n) is 9.28. The van der Waals surface area contributed by atoms with Gasteiger partial charge in [-0.2, -0.15) is 0 Å². The molecule has 1 heterocycles. The average Bonchev–Trinajstić information content (AvgIpc) is 3.70. The van der Waals surface area contributed by atoms with Crippen LogP contribution in [0.25, 0.3) is 93.2 Å². The summed E-state index contributed by atoms with van der Waals surface area (Å²) in [5.41, 5.74) is 12.1. The number of fused-ring (bicyclic) bond motifs is 6. The minimum absolute atomic E-state index is 0.0616. The van der Waals surface area contributed by atoms with Crippen LogP contribution in [0.2, 0.25) is 0 Å². The molecule has 10 aromatic carbocycles. The summed E-state index contributed by atoms with van der Waals surface area (Å²) in [7, 11) is 0. The summed E-state index contributed by atoms with van der Waals surface area (Å²) < 4.78 is 2.21. The quantitative estimate of drug-likeness (QED) is 0.0760. The van der Waals surface area contributed by atoms with E-state index in [0.717, 1.165) is 49.4 Å². The SMILES string of the molecule is C=C/C=C(C)\C=C/C.Cc1ccc(-c2ccc3ccccc3c2)cc1.Cc1ccc2cc(-c3ccc4c(c3)c3ccc(-c5c(O)c(C)c(O)c(O)c5O)cc3n4-c3cccc4ccccc34)ccc2c1. The largest absolute Gasteiger partial charge is 0.507 e. The molecule has 0 fully saturated rings. The molecule has 5 nitrogen and oxygen atoms in total. The molecule has 0 spiro atoms. The van der Waals surface area contributed by atoms with Gasteiger partial charge in [0.2, 0.25) is 5.75 Å². The molecule has 0 amide bonds. The molecule has 0 unspecified atom stereocenters. The van der Waals surface area contributed by atoms with Gasteiger partial charge in [0.25, 0.3) is 0 Å². The van der Waals surface area contributed by atoms with Gasteiger partial charge in [-0.15, -0.1) is 0 Å². The molecule has 0 aliphatic carbocycles. The Kier molecular flexibility index (Phi) is 13.1. The van der Waals surface area contributed by atoms with Crippen molar-refractivity contribution < 1.29 is 20.4 Å². The zero-order valence-corrected chi connectivity index (χ0v) is 40.1. The first-order valence-electron chi connectivity index (χ1n) is 23.5. The van der Waals surface area contributed by atoms with Crippen LogP contribution in [0.3, 0.4) is 0 Å². The van der Waals surface area contributed by atoms with E-state index in [1.54, 1.807) is 6.08 Å². The first-order valence-corrected chi connectivity index (χ1v) is 23.5. The normalized spacial score (nSPS) is 11.5. The van der Waals surface area contributed by atoms with Gasteiger partial charge in [0.15, 0.2) is 11.5 Å². The van der Waals surface area contributed by atoms with Crippen molar-refractivity contribution in [2.24, 2.45) is 0 Å². The van der Waals surface area contributed by atoms with Crippen molar-refractivity contribution in [2.75, 3.05) is 0 Å². The maximum Gasteiger partial charge on any atom is 0.201 e. The second-order valence-corrected chi connectivity index (χ2v) is 17.8. The summed E-state index contributed by atoms with van der Waals surface area (Å²) in [6.07, 6.45) is 7.81. The summed E-state index contributed by atoms with van der Waals surface area (Å²) in [5.74, 6) is -2.07. The highest BCUT2D eigenvalue weighted by Crippen LogP contribution is 2.51. The molecule has 0 saturated carbocycles. The van der Waals surface area contributed by atoms with Crippen molar-refractivity contribution in [2.45, 2.75) is 34.6 Å². The van der Waals surface area contributed by atoms with Crippen LogP contribution >= 0.6 is 0 Å². The van der Waals surface area contributed by atoms with Crippen LogP contribution in [0.15, 0.2) is 218 Å². The number of aromatic nitrogens is 1. The van der Waals surface area contributed by atoms with E-state index in [9.17, 15) is 20.4 Å². The van der Waals surface area contributed by atoms with Gasteiger partial charge in [0, 0.05) is 21.7 Å². The predicted octanol–water partition coefficient (Wildman–Crippen LogP) is 17.4. The first-order chi connectivity index (χ1) is 33.9. The highest BCUT2D eigenvalue weighted by atomic mass is 16.3. The van der Waals surface area contributed by atoms with Crippen molar-refractivity contribution in [1.29, 1.82) is 0 Å². The average molecular weight is 914 g/mol. The van der Waals surface area contributed by atoms with Crippen LogP contribution < -0.4 is 0 Å². The van der Waals surface area contributed by atoms with Crippen molar-refractivity contribution in [3.8, 4) is 62.1 Å². The van der Waals surface area contributed by atoms with Crippen LogP contribution in [-0.2, 0) is 0 Å². The smallest absolute Gasteiger partial charge is 0.201 e. The van der Waals surface area contributed by atoms with Gasteiger partial charge in [-0.05, 0) is 126 Å². The molecular weight excluding hydrogens is 859 g/mol. The molecule has 5 heteroatoms. The Balaban J connectivity index is 0.000000199. The van der Waals surface area contributed by atoms with Crippen molar-refractivity contribution >= 4 is 54.1 Å². The fourth-order valence-corrected chi connectivity index (χ4v) is 9.28. The molecule has 0 atom stereocenters. The van der Waals surface area contributed by atoms with Crippen molar-refractivity contribution in [1.82, 2.24) is 4.57 Å². The Bertz CT molecular complexity index is 3800. The van der Waals surface area contributed by atoms with Crippen LogP contribution in [0.1, 0.15) is 30.5 Å². The van der Waals surface area contributed by atoms with Gasteiger partial charge in [0.1, 0.15) is 5.75 Å². The summed E-state index contributed by atoms with van der Waals surface area (Å²) in [5, 5.41) is 51.7. The fraction of sp³-hybridized carbons (Fsp3) is 0.0769. The summed E-state index contributed by atoms with van der Waals surface area (Å²) in [6.45, 7) is 13.3. The number of allylic oxidation sites excluding steroid dienone is 5. The van der Waals surface area contributed by atoms with E-state index in [1.807, 2.05) is 68.5 Å². The molecule has 1 aromatic heterocycles. The van der Waals surface area contributed by atoms with Gasteiger partial charge >= 0.3 is 0 Å². The van der Waals surface area contributed by atoms with E-state index in [1.165, 1.54) is 56.3 Å². The molecule has 344 valence electrons. The lowest BCUT2D eigenvalue weighted by atomic mass is 9.97. The molecular formula is C65H55NO4. The van der Waals surface area contributed by atoms with Crippen LogP contribution in [0, 0.1) is 20.8 Å². The Hall–Kier alpha value is -8.80. The van der Waals surface area contributed by atoms with E-state index in [-0.39, 0.29) is 16.9 Å². The Morgan fingerprint density at radius 1 is 0.443 bits per heavy atom. The molecule has 70 heavy (non-hydrogen) atoms. The minimum Gasteiger partial charge on any atom is -0.507 e. The molecule has 0 bridgehead atoms. The van der Waals surface area contributed by atoms with Gasteiger partial charge in [0.05, 0.1) is 22.3 Å². The second-order valence-electron chi connectivity index (χ2n) is 17.8. The van der Waals surface area contributed by atoms with E-state index in [2.05, 4.69) is 171 Å². The maximum absolute atomic E-state index is 11.0. The van der Waals surface area contributed by atoms with E-state index < -0.39 is 17.2 Å². The number of aryl methyl sites for hydroxylation is 2. The molecule has 0 aliphatic heterocycles. The van der Waals surface area contributed by atoms with Crippen molar-refractivity contribution in [3.63, 3.8) is 0 Å². The number of rotatable bonds is 6. The van der Waals surface area contributed by atoms with Crippen molar-refractivity contribution in [3.05, 3.63) is 235 Å². The highest BCUT2D eigenvalue weighted by Gasteiger charge is 2.24. The monoisotopic (exact) mass is 913 g/mol. The number of phenols is 4. The third kappa shape index (κ3) is 9.13. The number of phenolic OH excluding ortho intramolecular Hbond substituents is 4. The Morgan fingerprint density at radius 2 is 1.01 bits per heavy atom. The first kappa shape index (κ1) is 46.3. The van der Waals surface area contributed by atoms with Crippen LogP contribution in [0.5, 0.6) is 23.0 Å². The van der Waals surface area contributed by atoms with Gasteiger partial charge in [-0.3, -0.25) is 0 Å². The minimum atomic E-state index is -0.662. The zero-order chi connectivity index (χ0) is 49.1. The highest BCUT2D eigenvalue weighted by molar-refractivity contribution is 6.13. The van der Waals surface area contributed by atoms with E-state index in [4.69, 9.17) is 0 Å². The second kappa shape index (κ2) is 19.8. The predicted molar refractivity (Wildman–Crippen MR) is 296 cm³/mol. The Morgan fingerprint density at radius 3 is 1.76 bits per heavy atom. The molecule has 0 radical (unpaired) electrons. The van der Waals surface area contributed by atoms with E-state index >= 15 is 0 Å². The number of nitrogens with zero attached hydrogens (tertiary/aromatic N) is 1. The maximum atomic E-state index is 11.0. The number of hydrogen-bond acceptors (Lipinski definition) is 4. The topological polar surface area (TPSA) is 85.8 Å².